The molecule has 1 atom stereocenters. The Kier molecular flexibility index (Phi) is 4.25. The molecule has 1 unspecified atom stereocenters. The van der Waals surface area contributed by atoms with Crippen LogP contribution in [0.15, 0.2) is 24.3 Å². The molecule has 0 aliphatic heterocycles. The Morgan fingerprint density at radius 3 is 2.37 bits per heavy atom. The van der Waals surface area contributed by atoms with Crippen molar-refractivity contribution in [2.75, 3.05) is 14.1 Å². The Labute approximate surface area is 116 Å². The minimum Gasteiger partial charge on any atom is -0.347 e. The molecule has 1 saturated carbocycles. The first-order valence-electron chi connectivity index (χ1n) is 7.01. The largest absolute Gasteiger partial charge is 0.347 e. The number of carbonyl (C=O) groups is 1. The summed E-state index contributed by atoms with van der Waals surface area (Å²) in [6.45, 7) is 4.06. The maximum Gasteiger partial charge on any atom is 0.238 e. The molecule has 0 spiro atoms. The van der Waals surface area contributed by atoms with Crippen LogP contribution in [-0.4, -0.2) is 37.0 Å². The van der Waals surface area contributed by atoms with Crippen LogP contribution in [0.25, 0.3) is 0 Å². The van der Waals surface area contributed by atoms with E-state index in [1.165, 1.54) is 11.1 Å². The van der Waals surface area contributed by atoms with Crippen molar-refractivity contribution in [1.29, 1.82) is 0 Å². The van der Waals surface area contributed by atoms with Crippen molar-refractivity contribution < 1.29 is 4.79 Å². The number of benzene rings is 1. The number of carbonyl (C=O) groups excluding carboxylic acids is 1. The molecule has 3 nitrogen and oxygen atoms in total. The molecule has 0 bridgehead atoms. The average Bonchev–Trinajstić information content (AvgIpc) is 2.33. The first-order chi connectivity index (χ1) is 8.97. The van der Waals surface area contributed by atoms with Crippen molar-refractivity contribution in [2.24, 2.45) is 0 Å². The zero-order valence-electron chi connectivity index (χ0n) is 12.3. The minimum atomic E-state index is -0.0843. The van der Waals surface area contributed by atoms with Crippen LogP contribution in [0, 0.1) is 6.92 Å². The molecule has 1 aliphatic carbocycles. The van der Waals surface area contributed by atoms with Crippen LogP contribution < -0.4 is 5.32 Å². The molecule has 1 aliphatic rings. The molecule has 1 aromatic rings. The number of nitrogens with zero attached hydrogens (tertiary/aromatic N) is 1. The standard InChI is InChI=1S/C16H24N2O/c1-11-5-7-13(8-6-11)14-9-15(10-14)17-12(2)16(19)18(3)4/h5-8,12,14-15,17H,9-10H2,1-4H3. The second-order valence-corrected chi connectivity index (χ2v) is 5.90. The fraction of sp³-hybridized carbons (Fsp3) is 0.562. The predicted octanol–water partition coefficient (Wildman–Crippen LogP) is 2.31. The van der Waals surface area contributed by atoms with E-state index in [1.807, 2.05) is 6.92 Å². The first-order valence-corrected chi connectivity index (χ1v) is 7.01. The van der Waals surface area contributed by atoms with Gasteiger partial charge in [-0.15, -0.1) is 0 Å². The molecular formula is C16H24N2O. The van der Waals surface area contributed by atoms with Gasteiger partial charge in [-0.3, -0.25) is 4.79 Å². The van der Waals surface area contributed by atoms with Crippen molar-refractivity contribution in [3.8, 4) is 0 Å². The van der Waals surface area contributed by atoms with Crippen LogP contribution in [-0.2, 0) is 4.79 Å². The highest BCUT2D eigenvalue weighted by Crippen LogP contribution is 2.37. The van der Waals surface area contributed by atoms with Gasteiger partial charge in [0.05, 0.1) is 6.04 Å². The smallest absolute Gasteiger partial charge is 0.238 e. The summed E-state index contributed by atoms with van der Waals surface area (Å²) in [6, 6.07) is 9.20. The lowest BCUT2D eigenvalue weighted by Crippen LogP contribution is -2.50. The van der Waals surface area contributed by atoms with E-state index in [-0.39, 0.29) is 11.9 Å². The molecule has 0 heterocycles. The molecule has 3 heteroatoms. The fourth-order valence-electron chi connectivity index (χ4n) is 2.68. The molecular weight excluding hydrogens is 236 g/mol. The number of aryl methyl sites for hydroxylation is 1. The van der Waals surface area contributed by atoms with E-state index in [9.17, 15) is 4.79 Å². The summed E-state index contributed by atoms with van der Waals surface area (Å²) >= 11 is 0. The van der Waals surface area contributed by atoms with Crippen molar-refractivity contribution in [2.45, 2.75) is 44.7 Å². The lowest BCUT2D eigenvalue weighted by atomic mass is 9.75. The van der Waals surface area contributed by atoms with E-state index >= 15 is 0 Å². The van der Waals surface area contributed by atoms with E-state index in [0.717, 1.165) is 12.8 Å². The van der Waals surface area contributed by atoms with Gasteiger partial charge in [0.1, 0.15) is 0 Å². The average molecular weight is 260 g/mol. The summed E-state index contributed by atoms with van der Waals surface area (Å²) < 4.78 is 0. The summed E-state index contributed by atoms with van der Waals surface area (Å²) in [4.78, 5) is 13.4. The topological polar surface area (TPSA) is 32.3 Å². The second kappa shape index (κ2) is 5.74. The molecule has 0 saturated heterocycles. The van der Waals surface area contributed by atoms with Gasteiger partial charge in [-0.25, -0.2) is 0 Å². The third-order valence-corrected chi connectivity index (χ3v) is 3.98. The van der Waals surface area contributed by atoms with Crippen LogP contribution in [0.1, 0.15) is 36.8 Å². The maximum atomic E-state index is 11.8. The third kappa shape index (κ3) is 3.35. The second-order valence-electron chi connectivity index (χ2n) is 5.90. The zero-order chi connectivity index (χ0) is 14.0. The van der Waals surface area contributed by atoms with Crippen LogP contribution in [0.2, 0.25) is 0 Å². The molecule has 0 radical (unpaired) electrons. The van der Waals surface area contributed by atoms with Crippen molar-refractivity contribution in [3.63, 3.8) is 0 Å². The van der Waals surface area contributed by atoms with Gasteiger partial charge >= 0.3 is 0 Å². The fourth-order valence-corrected chi connectivity index (χ4v) is 2.68. The van der Waals surface area contributed by atoms with Gasteiger partial charge in [-0.1, -0.05) is 29.8 Å². The molecule has 104 valence electrons. The molecule has 1 N–H and O–H groups in total. The van der Waals surface area contributed by atoms with Crippen LogP contribution in [0.5, 0.6) is 0 Å². The van der Waals surface area contributed by atoms with Gasteiger partial charge in [0, 0.05) is 20.1 Å². The van der Waals surface area contributed by atoms with Gasteiger partial charge in [0.2, 0.25) is 5.91 Å². The molecule has 19 heavy (non-hydrogen) atoms. The molecule has 1 amide bonds. The Bertz CT molecular complexity index is 433. The molecule has 2 rings (SSSR count). The molecule has 1 aromatic carbocycles. The van der Waals surface area contributed by atoms with E-state index in [1.54, 1.807) is 19.0 Å². The Balaban J connectivity index is 1.80. The Morgan fingerprint density at radius 1 is 1.26 bits per heavy atom. The lowest BCUT2D eigenvalue weighted by molar-refractivity contribution is -0.130. The number of hydrogen-bond acceptors (Lipinski definition) is 2. The van der Waals surface area contributed by atoms with Crippen molar-refractivity contribution in [1.82, 2.24) is 10.2 Å². The van der Waals surface area contributed by atoms with E-state index < -0.39 is 0 Å². The minimum absolute atomic E-state index is 0.0843. The van der Waals surface area contributed by atoms with Crippen molar-refractivity contribution in [3.05, 3.63) is 35.4 Å². The SMILES string of the molecule is Cc1ccc(C2CC(NC(C)C(=O)N(C)C)C2)cc1. The molecule has 0 aromatic heterocycles. The Hall–Kier alpha value is -1.35. The van der Waals surface area contributed by atoms with Crippen molar-refractivity contribution >= 4 is 5.91 Å². The highest BCUT2D eigenvalue weighted by molar-refractivity contribution is 5.80. The predicted molar refractivity (Wildman–Crippen MR) is 78.2 cm³/mol. The van der Waals surface area contributed by atoms with Gasteiger partial charge < -0.3 is 10.2 Å². The van der Waals surface area contributed by atoms with E-state index in [0.29, 0.717) is 12.0 Å². The highest BCUT2D eigenvalue weighted by Gasteiger charge is 2.32. The summed E-state index contributed by atoms with van der Waals surface area (Å²) in [5, 5.41) is 3.42. The Morgan fingerprint density at radius 2 is 1.84 bits per heavy atom. The number of rotatable bonds is 4. The highest BCUT2D eigenvalue weighted by atomic mass is 16.2. The summed E-state index contributed by atoms with van der Waals surface area (Å²) in [5.41, 5.74) is 2.73. The number of likely N-dealkylation sites (N-methyl/N-ethyl adjacent to an activating group) is 1. The monoisotopic (exact) mass is 260 g/mol. The number of amides is 1. The normalized spacial score (nSPS) is 23.6. The lowest BCUT2D eigenvalue weighted by Gasteiger charge is -2.38. The van der Waals surface area contributed by atoms with Crippen LogP contribution >= 0.6 is 0 Å². The third-order valence-electron chi connectivity index (χ3n) is 3.98. The zero-order valence-corrected chi connectivity index (χ0v) is 12.3. The summed E-state index contributed by atoms with van der Waals surface area (Å²) in [7, 11) is 3.60. The quantitative estimate of drug-likeness (QED) is 0.901. The van der Waals surface area contributed by atoms with Gasteiger partial charge in [0.25, 0.3) is 0 Å². The first kappa shape index (κ1) is 14.1. The maximum absolute atomic E-state index is 11.8. The van der Waals surface area contributed by atoms with Gasteiger partial charge in [-0.2, -0.15) is 0 Å². The van der Waals surface area contributed by atoms with E-state index in [2.05, 4.69) is 36.5 Å². The van der Waals surface area contributed by atoms with Gasteiger partial charge in [-0.05, 0) is 38.2 Å². The van der Waals surface area contributed by atoms with Crippen LogP contribution in [0.3, 0.4) is 0 Å². The van der Waals surface area contributed by atoms with E-state index in [4.69, 9.17) is 0 Å². The number of hydrogen-bond donors (Lipinski definition) is 1. The molecule has 1 fully saturated rings. The summed E-state index contributed by atoms with van der Waals surface area (Å²) in [5.74, 6) is 0.804. The summed E-state index contributed by atoms with van der Waals surface area (Å²) in [6.07, 6.45) is 2.27. The van der Waals surface area contributed by atoms with Crippen LogP contribution in [0.4, 0.5) is 0 Å². The number of nitrogens with one attached hydrogen (secondary N) is 1. The van der Waals surface area contributed by atoms with Gasteiger partial charge in [0.15, 0.2) is 0 Å².